The van der Waals surface area contributed by atoms with E-state index in [2.05, 4.69) is 15.4 Å². The fourth-order valence-electron chi connectivity index (χ4n) is 1.56. The van der Waals surface area contributed by atoms with Gasteiger partial charge in [-0.3, -0.25) is 4.79 Å². The molecule has 0 saturated carbocycles. The first-order chi connectivity index (χ1) is 9.51. The van der Waals surface area contributed by atoms with Crippen molar-refractivity contribution < 1.29 is 9.84 Å². The van der Waals surface area contributed by atoms with E-state index >= 15 is 0 Å². The third-order valence-electron chi connectivity index (χ3n) is 2.59. The molecular formula is C12H13ClN4O3. The van der Waals surface area contributed by atoms with Crippen molar-refractivity contribution in [2.45, 2.75) is 6.29 Å². The predicted octanol–water partition coefficient (Wildman–Crippen LogP) is 1.21. The average Bonchev–Trinajstić information content (AvgIpc) is 2.44. The molecule has 0 amide bonds. The molecule has 8 heteroatoms. The summed E-state index contributed by atoms with van der Waals surface area (Å²) >= 11 is 5.79. The average molecular weight is 297 g/mol. The number of aromatic nitrogens is 3. The largest absolute Gasteiger partial charge is 0.364 e. The molecule has 106 valence electrons. The monoisotopic (exact) mass is 296 g/mol. The van der Waals surface area contributed by atoms with Crippen molar-refractivity contribution in [1.29, 1.82) is 0 Å². The molecule has 0 fully saturated rings. The molecule has 20 heavy (non-hydrogen) atoms. The Hall–Kier alpha value is -1.96. The van der Waals surface area contributed by atoms with Crippen molar-refractivity contribution in [2.75, 3.05) is 12.4 Å². The number of hydrogen-bond donors (Lipinski definition) is 2. The van der Waals surface area contributed by atoms with Gasteiger partial charge in [-0.15, -0.1) is 0 Å². The number of methoxy groups -OCH3 is 1. The number of nitrogens with one attached hydrogen (secondary N) is 1. The van der Waals surface area contributed by atoms with E-state index in [1.54, 1.807) is 12.1 Å². The predicted molar refractivity (Wildman–Crippen MR) is 74.0 cm³/mol. The van der Waals surface area contributed by atoms with Crippen LogP contribution in [0.15, 0.2) is 29.2 Å². The maximum absolute atomic E-state index is 11.8. The normalized spacial score (nSPS) is 12.2. The minimum atomic E-state index is -1.03. The van der Waals surface area contributed by atoms with Gasteiger partial charge in [-0.05, 0) is 12.1 Å². The number of rotatable bonds is 4. The molecule has 0 bridgehead atoms. The van der Waals surface area contributed by atoms with Crippen LogP contribution in [-0.2, 0) is 11.8 Å². The Bertz CT molecular complexity index is 657. The zero-order valence-electron chi connectivity index (χ0n) is 10.9. The Morgan fingerprint density at radius 1 is 1.50 bits per heavy atom. The first-order valence-corrected chi connectivity index (χ1v) is 6.06. The van der Waals surface area contributed by atoms with Gasteiger partial charge in [0.25, 0.3) is 5.56 Å². The molecule has 2 heterocycles. The van der Waals surface area contributed by atoms with Gasteiger partial charge in [-0.25, -0.2) is 9.67 Å². The fourth-order valence-corrected chi connectivity index (χ4v) is 1.78. The summed E-state index contributed by atoms with van der Waals surface area (Å²) in [5, 5.41) is 16.3. The number of nitrogens with zero attached hydrogens (tertiary/aromatic N) is 3. The van der Waals surface area contributed by atoms with Crippen molar-refractivity contribution in [1.82, 2.24) is 14.8 Å². The Labute approximate surface area is 119 Å². The smallest absolute Gasteiger partial charge is 0.290 e. The summed E-state index contributed by atoms with van der Waals surface area (Å²) in [7, 11) is 2.89. The van der Waals surface area contributed by atoms with E-state index in [1.807, 2.05) is 0 Å². The second kappa shape index (κ2) is 6.00. The standard InChI is InChI=1S/C12H13ClN4O3/c1-17-11(18)8(5-9(13)16-17)15-10-4-3-7(6-14-10)12(19)20-2/h3-6,12,19H,1-2H3,(H,14,15). The van der Waals surface area contributed by atoms with Gasteiger partial charge < -0.3 is 15.2 Å². The van der Waals surface area contributed by atoms with Gasteiger partial charge in [0.15, 0.2) is 11.4 Å². The molecule has 1 unspecified atom stereocenters. The molecule has 0 aromatic carbocycles. The lowest BCUT2D eigenvalue weighted by Gasteiger charge is -2.10. The van der Waals surface area contributed by atoms with Crippen LogP contribution in [0, 0.1) is 0 Å². The van der Waals surface area contributed by atoms with E-state index < -0.39 is 6.29 Å². The van der Waals surface area contributed by atoms with E-state index in [0.717, 1.165) is 4.68 Å². The maximum atomic E-state index is 11.8. The minimum absolute atomic E-state index is 0.195. The van der Waals surface area contributed by atoms with Crippen molar-refractivity contribution in [3.05, 3.63) is 45.5 Å². The molecule has 1 atom stereocenters. The molecule has 2 rings (SSSR count). The van der Waals surface area contributed by atoms with E-state index in [9.17, 15) is 9.90 Å². The molecule has 0 aliphatic rings. The second-order valence-electron chi connectivity index (χ2n) is 4.00. The van der Waals surface area contributed by atoms with Crippen LogP contribution in [0.5, 0.6) is 0 Å². The molecule has 2 aromatic rings. The number of ether oxygens (including phenoxy) is 1. The number of pyridine rings is 1. The molecule has 0 radical (unpaired) electrons. The third kappa shape index (κ3) is 3.13. The van der Waals surface area contributed by atoms with Crippen LogP contribution in [0.1, 0.15) is 11.9 Å². The van der Waals surface area contributed by atoms with Gasteiger partial charge in [-0.2, -0.15) is 5.10 Å². The van der Waals surface area contributed by atoms with Gasteiger partial charge >= 0.3 is 0 Å². The summed E-state index contributed by atoms with van der Waals surface area (Å²) < 4.78 is 5.89. The van der Waals surface area contributed by atoms with Crippen LogP contribution >= 0.6 is 11.6 Å². The summed E-state index contributed by atoms with van der Waals surface area (Å²) in [6.45, 7) is 0. The summed E-state index contributed by atoms with van der Waals surface area (Å²) in [6.07, 6.45) is 0.420. The molecule has 0 aliphatic heterocycles. The van der Waals surface area contributed by atoms with E-state index in [0.29, 0.717) is 11.4 Å². The van der Waals surface area contributed by atoms with Crippen LogP contribution in [0.25, 0.3) is 0 Å². The molecule has 2 N–H and O–H groups in total. The third-order valence-corrected chi connectivity index (χ3v) is 2.78. The highest BCUT2D eigenvalue weighted by atomic mass is 35.5. The lowest BCUT2D eigenvalue weighted by atomic mass is 10.2. The maximum Gasteiger partial charge on any atom is 0.290 e. The first kappa shape index (κ1) is 14.4. The van der Waals surface area contributed by atoms with Gasteiger partial charge in [0.2, 0.25) is 0 Å². The SMILES string of the molecule is COC(O)c1ccc(Nc2cc(Cl)nn(C)c2=O)nc1. The Kier molecular flexibility index (Phi) is 4.33. The fraction of sp³-hybridized carbons (Fsp3) is 0.250. The molecule has 2 aromatic heterocycles. The summed E-state index contributed by atoms with van der Waals surface area (Å²) in [6, 6.07) is 4.67. The van der Waals surface area contributed by atoms with E-state index in [1.165, 1.54) is 26.4 Å². The zero-order chi connectivity index (χ0) is 14.7. The van der Waals surface area contributed by atoms with Gasteiger partial charge in [0, 0.05) is 32.0 Å². The Morgan fingerprint density at radius 3 is 2.85 bits per heavy atom. The Balaban J connectivity index is 2.25. The number of aryl methyl sites for hydroxylation is 1. The highest BCUT2D eigenvalue weighted by Gasteiger charge is 2.08. The van der Waals surface area contributed by atoms with Crippen molar-refractivity contribution in [3.63, 3.8) is 0 Å². The molecule has 7 nitrogen and oxygen atoms in total. The van der Waals surface area contributed by atoms with Crippen LogP contribution in [0.2, 0.25) is 5.15 Å². The van der Waals surface area contributed by atoms with Crippen molar-refractivity contribution >= 4 is 23.1 Å². The first-order valence-electron chi connectivity index (χ1n) is 5.69. The van der Waals surface area contributed by atoms with Gasteiger partial charge in [-0.1, -0.05) is 11.6 Å². The number of hydrogen-bond acceptors (Lipinski definition) is 6. The second-order valence-corrected chi connectivity index (χ2v) is 4.39. The summed E-state index contributed by atoms with van der Waals surface area (Å²) in [4.78, 5) is 15.9. The number of aliphatic hydroxyl groups is 1. The lowest BCUT2D eigenvalue weighted by Crippen LogP contribution is -2.22. The van der Waals surface area contributed by atoms with Crippen molar-refractivity contribution in [3.8, 4) is 0 Å². The van der Waals surface area contributed by atoms with Crippen LogP contribution in [0.3, 0.4) is 0 Å². The topological polar surface area (TPSA) is 89.3 Å². The molecular weight excluding hydrogens is 284 g/mol. The molecule has 0 aliphatic carbocycles. The highest BCUT2D eigenvalue weighted by Crippen LogP contribution is 2.17. The molecule has 0 saturated heterocycles. The lowest BCUT2D eigenvalue weighted by molar-refractivity contribution is -0.0771. The minimum Gasteiger partial charge on any atom is -0.364 e. The summed E-state index contributed by atoms with van der Waals surface area (Å²) in [5.74, 6) is 0.441. The van der Waals surface area contributed by atoms with Crippen molar-refractivity contribution in [2.24, 2.45) is 7.05 Å². The zero-order valence-corrected chi connectivity index (χ0v) is 11.6. The Morgan fingerprint density at radius 2 is 2.25 bits per heavy atom. The van der Waals surface area contributed by atoms with Crippen LogP contribution in [-0.4, -0.2) is 27.0 Å². The van der Waals surface area contributed by atoms with E-state index in [4.69, 9.17) is 16.3 Å². The van der Waals surface area contributed by atoms with Gasteiger partial charge in [0.1, 0.15) is 11.5 Å². The van der Waals surface area contributed by atoms with Gasteiger partial charge in [0.05, 0.1) is 0 Å². The number of halogens is 1. The summed E-state index contributed by atoms with van der Waals surface area (Å²) in [5.41, 5.74) is 0.455. The number of aliphatic hydroxyl groups excluding tert-OH is 1. The molecule has 0 spiro atoms. The number of anilines is 2. The van der Waals surface area contributed by atoms with E-state index in [-0.39, 0.29) is 16.4 Å². The van der Waals surface area contributed by atoms with Crippen LogP contribution < -0.4 is 10.9 Å². The quantitative estimate of drug-likeness (QED) is 0.824. The van der Waals surface area contributed by atoms with Crippen LogP contribution in [0.4, 0.5) is 11.5 Å². The highest BCUT2D eigenvalue weighted by molar-refractivity contribution is 6.29.